The molecular weight excluding hydrogens is 162 g/mol. The lowest BCUT2D eigenvalue weighted by Crippen LogP contribution is -2.00. The predicted molar refractivity (Wildman–Crippen MR) is 53.3 cm³/mol. The van der Waals surface area contributed by atoms with E-state index >= 15 is 0 Å². The highest BCUT2D eigenvalue weighted by atomic mass is 15.3. The molecule has 0 bridgehead atoms. The molecule has 1 aliphatic carbocycles. The zero-order valence-corrected chi connectivity index (χ0v) is 8.16. The Bertz CT molecular complexity index is 265. The van der Waals surface area contributed by atoms with E-state index in [9.17, 15) is 0 Å². The molecule has 1 aromatic rings. The van der Waals surface area contributed by atoms with Crippen molar-refractivity contribution >= 4 is 5.82 Å². The molecule has 0 amide bonds. The highest BCUT2D eigenvalue weighted by molar-refractivity contribution is 5.30. The van der Waals surface area contributed by atoms with Gasteiger partial charge in [0.05, 0.1) is 5.69 Å². The van der Waals surface area contributed by atoms with Gasteiger partial charge in [-0.3, -0.25) is 4.68 Å². The van der Waals surface area contributed by atoms with Crippen LogP contribution in [-0.4, -0.2) is 9.78 Å². The number of nitrogen functional groups attached to an aromatic ring is 1. The lowest BCUT2D eigenvalue weighted by Gasteiger charge is -2.04. The third kappa shape index (κ3) is 1.85. The molecule has 0 saturated heterocycles. The summed E-state index contributed by atoms with van der Waals surface area (Å²) in [4.78, 5) is 0. The van der Waals surface area contributed by atoms with Crippen LogP contribution in [0.15, 0.2) is 6.07 Å². The van der Waals surface area contributed by atoms with E-state index in [0.29, 0.717) is 0 Å². The van der Waals surface area contributed by atoms with Gasteiger partial charge in [-0.2, -0.15) is 5.10 Å². The number of aromatic nitrogens is 2. The van der Waals surface area contributed by atoms with Gasteiger partial charge in [0.2, 0.25) is 0 Å². The molecular formula is C10H17N3. The average Bonchev–Trinajstić information content (AvgIpc) is 2.64. The first-order chi connectivity index (χ1) is 6.25. The molecule has 3 nitrogen and oxygen atoms in total. The molecule has 0 spiro atoms. The molecule has 13 heavy (non-hydrogen) atoms. The first-order valence-electron chi connectivity index (χ1n) is 5.04. The van der Waals surface area contributed by atoms with Crippen molar-refractivity contribution < 1.29 is 0 Å². The summed E-state index contributed by atoms with van der Waals surface area (Å²) in [5, 5.41) is 4.37. The Balaban J connectivity index is 2.00. The lowest BCUT2D eigenvalue weighted by atomic mass is 10.0. The van der Waals surface area contributed by atoms with Crippen molar-refractivity contribution in [1.29, 1.82) is 0 Å². The van der Waals surface area contributed by atoms with E-state index in [1.54, 1.807) is 4.68 Å². The Labute approximate surface area is 78.9 Å². The maximum absolute atomic E-state index is 5.72. The van der Waals surface area contributed by atoms with Crippen LogP contribution >= 0.6 is 0 Å². The van der Waals surface area contributed by atoms with Crippen molar-refractivity contribution in [2.45, 2.75) is 32.1 Å². The van der Waals surface area contributed by atoms with Gasteiger partial charge in [-0.05, 0) is 12.3 Å². The molecule has 72 valence electrons. The minimum absolute atomic E-state index is 0.771. The van der Waals surface area contributed by atoms with Crippen LogP contribution in [0.2, 0.25) is 0 Å². The summed E-state index contributed by atoms with van der Waals surface area (Å²) in [7, 11) is 1.90. The minimum Gasteiger partial charge on any atom is -0.384 e. The van der Waals surface area contributed by atoms with Crippen LogP contribution in [-0.2, 0) is 13.5 Å². The summed E-state index contributed by atoms with van der Waals surface area (Å²) in [6.45, 7) is 0. The molecule has 1 heterocycles. The fraction of sp³-hybridized carbons (Fsp3) is 0.700. The summed E-state index contributed by atoms with van der Waals surface area (Å²) < 4.78 is 1.75. The van der Waals surface area contributed by atoms with E-state index in [1.807, 2.05) is 13.1 Å². The number of nitrogens with zero attached hydrogens (tertiary/aromatic N) is 2. The molecule has 0 atom stereocenters. The predicted octanol–water partition coefficient (Wildman–Crippen LogP) is 1.73. The highest BCUT2D eigenvalue weighted by Crippen LogP contribution is 2.27. The maximum atomic E-state index is 5.72. The molecule has 0 radical (unpaired) electrons. The van der Waals surface area contributed by atoms with E-state index in [1.165, 1.54) is 25.7 Å². The summed E-state index contributed by atoms with van der Waals surface area (Å²) in [5.41, 5.74) is 6.87. The van der Waals surface area contributed by atoms with Crippen LogP contribution in [0.3, 0.4) is 0 Å². The number of hydrogen-bond acceptors (Lipinski definition) is 2. The first kappa shape index (κ1) is 8.60. The van der Waals surface area contributed by atoms with E-state index in [0.717, 1.165) is 23.9 Å². The summed E-state index contributed by atoms with van der Waals surface area (Å²) >= 11 is 0. The minimum atomic E-state index is 0.771. The smallest absolute Gasteiger partial charge is 0.121 e. The quantitative estimate of drug-likeness (QED) is 0.751. The van der Waals surface area contributed by atoms with Gasteiger partial charge in [0.1, 0.15) is 5.82 Å². The maximum Gasteiger partial charge on any atom is 0.121 e. The van der Waals surface area contributed by atoms with Crippen LogP contribution in [0.25, 0.3) is 0 Å². The largest absolute Gasteiger partial charge is 0.384 e. The molecule has 0 aliphatic heterocycles. The molecule has 1 aliphatic rings. The monoisotopic (exact) mass is 179 g/mol. The van der Waals surface area contributed by atoms with Crippen molar-refractivity contribution in [3.8, 4) is 0 Å². The van der Waals surface area contributed by atoms with Gasteiger partial charge in [0.25, 0.3) is 0 Å². The van der Waals surface area contributed by atoms with Crippen LogP contribution in [0.4, 0.5) is 5.82 Å². The fourth-order valence-electron chi connectivity index (χ4n) is 2.15. The standard InChI is InChI=1S/C10H17N3/c1-13-10(11)7-9(12-13)6-8-4-2-3-5-8/h7-8H,2-6,11H2,1H3. The summed E-state index contributed by atoms with van der Waals surface area (Å²) in [6.07, 6.45) is 6.65. The lowest BCUT2D eigenvalue weighted by molar-refractivity contribution is 0.534. The Kier molecular flexibility index (Phi) is 2.25. The van der Waals surface area contributed by atoms with E-state index in [4.69, 9.17) is 5.73 Å². The van der Waals surface area contributed by atoms with Crippen molar-refractivity contribution in [3.05, 3.63) is 11.8 Å². The number of nitrogens with two attached hydrogens (primary N) is 1. The molecule has 2 rings (SSSR count). The van der Waals surface area contributed by atoms with Gasteiger partial charge in [-0.15, -0.1) is 0 Å². The Morgan fingerprint density at radius 2 is 2.23 bits per heavy atom. The van der Waals surface area contributed by atoms with Gasteiger partial charge in [0, 0.05) is 13.1 Å². The molecule has 0 aromatic carbocycles. The Hall–Kier alpha value is -0.990. The van der Waals surface area contributed by atoms with Gasteiger partial charge in [0.15, 0.2) is 0 Å². The van der Waals surface area contributed by atoms with Crippen molar-refractivity contribution in [2.75, 3.05) is 5.73 Å². The summed E-state index contributed by atoms with van der Waals surface area (Å²) in [6, 6.07) is 2.00. The van der Waals surface area contributed by atoms with E-state index in [2.05, 4.69) is 5.10 Å². The molecule has 1 saturated carbocycles. The number of anilines is 1. The Morgan fingerprint density at radius 3 is 2.77 bits per heavy atom. The van der Waals surface area contributed by atoms with E-state index < -0.39 is 0 Å². The molecule has 2 N–H and O–H groups in total. The van der Waals surface area contributed by atoms with Gasteiger partial charge < -0.3 is 5.73 Å². The van der Waals surface area contributed by atoms with Gasteiger partial charge in [-0.1, -0.05) is 25.7 Å². The second kappa shape index (κ2) is 3.40. The topological polar surface area (TPSA) is 43.8 Å². The SMILES string of the molecule is Cn1nc(CC2CCCC2)cc1N. The Morgan fingerprint density at radius 1 is 1.54 bits per heavy atom. The second-order valence-corrected chi connectivity index (χ2v) is 4.04. The number of rotatable bonds is 2. The number of hydrogen-bond donors (Lipinski definition) is 1. The highest BCUT2D eigenvalue weighted by Gasteiger charge is 2.16. The number of aryl methyl sites for hydroxylation is 1. The van der Waals surface area contributed by atoms with Crippen LogP contribution in [0.5, 0.6) is 0 Å². The van der Waals surface area contributed by atoms with Crippen molar-refractivity contribution in [3.63, 3.8) is 0 Å². The zero-order chi connectivity index (χ0) is 9.26. The molecule has 3 heteroatoms. The third-order valence-electron chi connectivity index (χ3n) is 2.94. The molecule has 1 aromatic heterocycles. The van der Waals surface area contributed by atoms with Crippen molar-refractivity contribution in [2.24, 2.45) is 13.0 Å². The average molecular weight is 179 g/mol. The zero-order valence-electron chi connectivity index (χ0n) is 8.16. The summed E-state index contributed by atoms with van der Waals surface area (Å²) in [5.74, 6) is 1.63. The molecule has 1 fully saturated rings. The normalized spacial score (nSPS) is 18.2. The van der Waals surface area contributed by atoms with Gasteiger partial charge >= 0.3 is 0 Å². The fourth-order valence-corrected chi connectivity index (χ4v) is 2.15. The van der Waals surface area contributed by atoms with E-state index in [-0.39, 0.29) is 0 Å². The van der Waals surface area contributed by atoms with Crippen molar-refractivity contribution in [1.82, 2.24) is 9.78 Å². The van der Waals surface area contributed by atoms with Crippen LogP contribution < -0.4 is 5.73 Å². The molecule has 0 unspecified atom stereocenters. The van der Waals surface area contributed by atoms with Crippen LogP contribution in [0, 0.1) is 5.92 Å². The van der Waals surface area contributed by atoms with Crippen LogP contribution in [0.1, 0.15) is 31.4 Å². The second-order valence-electron chi connectivity index (χ2n) is 4.04. The third-order valence-corrected chi connectivity index (χ3v) is 2.94. The first-order valence-corrected chi connectivity index (χ1v) is 5.04. The van der Waals surface area contributed by atoms with Gasteiger partial charge in [-0.25, -0.2) is 0 Å².